The first-order chi connectivity index (χ1) is 18.0. The summed E-state index contributed by atoms with van der Waals surface area (Å²) in [6, 6.07) is 18.7. The Bertz CT molecular complexity index is 1790. The van der Waals surface area contributed by atoms with E-state index >= 15 is 0 Å². The molecule has 0 fully saturated rings. The molecule has 0 radical (unpaired) electrons. The van der Waals surface area contributed by atoms with Crippen LogP contribution in [0.25, 0.3) is 50.7 Å². The zero-order valence-electron chi connectivity index (χ0n) is 20.6. The van der Waals surface area contributed by atoms with Crippen molar-refractivity contribution in [1.82, 2.24) is 29.5 Å². The molecule has 0 amide bonds. The average molecular weight is 518 g/mol. The van der Waals surface area contributed by atoms with Crippen molar-refractivity contribution in [2.75, 3.05) is 5.32 Å². The SMILES string of the molecule is CC(C)(C)Nc1c(-c2cccc(-c3nc4ccc(-c5noc(C(F)(F)F)n5)cc4[nH]3)c2)nc2ccccn12. The van der Waals surface area contributed by atoms with Crippen LogP contribution in [0.3, 0.4) is 0 Å². The monoisotopic (exact) mass is 517 g/mol. The molecule has 0 saturated heterocycles. The lowest BCUT2D eigenvalue weighted by molar-refractivity contribution is -0.159. The van der Waals surface area contributed by atoms with Crippen LogP contribution in [0.4, 0.5) is 19.0 Å². The van der Waals surface area contributed by atoms with Crippen molar-refractivity contribution in [1.29, 1.82) is 0 Å². The summed E-state index contributed by atoms with van der Waals surface area (Å²) in [5, 5.41) is 7.04. The van der Waals surface area contributed by atoms with E-state index in [1.54, 1.807) is 18.2 Å². The van der Waals surface area contributed by atoms with Gasteiger partial charge in [-0.05, 0) is 57.2 Å². The Labute approximate surface area is 214 Å². The number of fused-ring (bicyclic) bond motifs is 2. The highest BCUT2D eigenvalue weighted by molar-refractivity contribution is 5.85. The third-order valence-corrected chi connectivity index (χ3v) is 5.84. The second-order valence-electron chi connectivity index (χ2n) is 9.93. The summed E-state index contributed by atoms with van der Waals surface area (Å²) in [7, 11) is 0. The van der Waals surface area contributed by atoms with Gasteiger partial charge >= 0.3 is 12.1 Å². The van der Waals surface area contributed by atoms with E-state index in [0.717, 1.165) is 28.3 Å². The second kappa shape index (κ2) is 8.44. The minimum Gasteiger partial charge on any atom is -0.365 e. The van der Waals surface area contributed by atoms with Gasteiger partial charge < -0.3 is 14.8 Å². The Morgan fingerprint density at radius 1 is 0.868 bits per heavy atom. The minimum atomic E-state index is -4.70. The first kappa shape index (κ1) is 23.7. The lowest BCUT2D eigenvalue weighted by atomic mass is 10.1. The van der Waals surface area contributed by atoms with Gasteiger partial charge in [-0.15, -0.1) is 0 Å². The summed E-state index contributed by atoms with van der Waals surface area (Å²) in [5.41, 5.74) is 4.84. The number of hydrogen-bond donors (Lipinski definition) is 2. The molecule has 0 saturated carbocycles. The fourth-order valence-electron chi connectivity index (χ4n) is 4.23. The molecule has 11 heteroatoms. The van der Waals surface area contributed by atoms with Crippen LogP contribution < -0.4 is 5.32 Å². The third kappa shape index (κ3) is 4.36. The Morgan fingerprint density at radius 2 is 1.68 bits per heavy atom. The summed E-state index contributed by atoms with van der Waals surface area (Å²) in [5.74, 6) is -0.0416. The molecule has 6 aromatic rings. The van der Waals surface area contributed by atoms with Gasteiger partial charge in [0.1, 0.15) is 23.0 Å². The number of benzene rings is 2. The minimum absolute atomic E-state index is 0.150. The normalized spacial score (nSPS) is 12.5. The maximum atomic E-state index is 12.9. The van der Waals surface area contributed by atoms with Gasteiger partial charge in [-0.3, -0.25) is 4.40 Å². The van der Waals surface area contributed by atoms with Crippen LogP contribution in [0.1, 0.15) is 26.7 Å². The summed E-state index contributed by atoms with van der Waals surface area (Å²) in [6.07, 6.45) is -2.73. The van der Waals surface area contributed by atoms with E-state index in [1.165, 1.54) is 0 Å². The zero-order valence-corrected chi connectivity index (χ0v) is 20.6. The zero-order chi connectivity index (χ0) is 26.7. The molecule has 38 heavy (non-hydrogen) atoms. The van der Waals surface area contributed by atoms with Crippen LogP contribution >= 0.6 is 0 Å². The molecule has 4 heterocycles. The van der Waals surface area contributed by atoms with E-state index in [-0.39, 0.29) is 11.4 Å². The fourth-order valence-corrected chi connectivity index (χ4v) is 4.23. The van der Waals surface area contributed by atoms with Crippen LogP contribution in [0.15, 0.2) is 71.4 Å². The molecular formula is C27H22F3N7O. The van der Waals surface area contributed by atoms with Crippen molar-refractivity contribution in [2.24, 2.45) is 0 Å². The number of nitrogens with zero attached hydrogens (tertiary/aromatic N) is 5. The smallest absolute Gasteiger partial charge is 0.365 e. The molecule has 4 aromatic heterocycles. The van der Waals surface area contributed by atoms with Crippen molar-refractivity contribution in [2.45, 2.75) is 32.5 Å². The van der Waals surface area contributed by atoms with Crippen LogP contribution in [0.5, 0.6) is 0 Å². The number of rotatable bonds is 4. The van der Waals surface area contributed by atoms with Crippen molar-refractivity contribution in [3.63, 3.8) is 0 Å². The second-order valence-corrected chi connectivity index (χ2v) is 9.93. The molecule has 0 aliphatic rings. The lowest BCUT2D eigenvalue weighted by Crippen LogP contribution is -2.27. The van der Waals surface area contributed by atoms with Gasteiger partial charge in [0.25, 0.3) is 0 Å². The van der Waals surface area contributed by atoms with E-state index in [9.17, 15) is 13.2 Å². The number of anilines is 1. The van der Waals surface area contributed by atoms with E-state index in [4.69, 9.17) is 4.98 Å². The summed E-state index contributed by atoms with van der Waals surface area (Å²) in [4.78, 5) is 16.3. The molecule has 2 N–H and O–H groups in total. The number of hydrogen-bond acceptors (Lipinski definition) is 6. The third-order valence-electron chi connectivity index (χ3n) is 5.84. The van der Waals surface area contributed by atoms with Crippen molar-refractivity contribution >= 4 is 22.5 Å². The molecule has 0 unspecified atom stereocenters. The summed E-state index contributed by atoms with van der Waals surface area (Å²) < 4.78 is 45.0. The van der Waals surface area contributed by atoms with Crippen molar-refractivity contribution in [3.05, 3.63) is 72.8 Å². The molecular weight excluding hydrogens is 495 g/mol. The summed E-state index contributed by atoms with van der Waals surface area (Å²) in [6.45, 7) is 6.28. The average Bonchev–Trinajstić information content (AvgIpc) is 3.60. The molecule has 8 nitrogen and oxygen atoms in total. The maximum Gasteiger partial charge on any atom is 0.471 e. The number of H-pyrrole nitrogens is 1. The highest BCUT2D eigenvalue weighted by atomic mass is 19.4. The largest absolute Gasteiger partial charge is 0.471 e. The molecule has 0 spiro atoms. The van der Waals surface area contributed by atoms with Crippen LogP contribution in [-0.4, -0.2) is 35.0 Å². The molecule has 0 bridgehead atoms. The number of pyridine rings is 1. The predicted octanol–water partition coefficient (Wildman–Crippen LogP) is 6.82. The number of imidazole rings is 2. The van der Waals surface area contributed by atoms with E-state index in [0.29, 0.717) is 22.4 Å². The fraction of sp³-hybridized carbons (Fsp3) is 0.185. The van der Waals surface area contributed by atoms with Gasteiger partial charge in [0.05, 0.1) is 11.0 Å². The van der Waals surface area contributed by atoms with Crippen LogP contribution in [-0.2, 0) is 6.18 Å². The van der Waals surface area contributed by atoms with Gasteiger partial charge in [0.2, 0.25) is 5.82 Å². The molecule has 6 rings (SSSR count). The van der Waals surface area contributed by atoms with Crippen molar-refractivity contribution in [3.8, 4) is 34.0 Å². The number of nitrogens with one attached hydrogen (secondary N) is 2. The lowest BCUT2D eigenvalue weighted by Gasteiger charge is -2.22. The van der Waals surface area contributed by atoms with E-state index in [2.05, 4.69) is 50.7 Å². The van der Waals surface area contributed by atoms with Gasteiger partial charge in [-0.2, -0.15) is 18.2 Å². The molecule has 0 aliphatic heterocycles. The molecule has 192 valence electrons. The van der Waals surface area contributed by atoms with Gasteiger partial charge in [0.15, 0.2) is 0 Å². The number of halogens is 3. The molecule has 0 atom stereocenters. The Hall–Kier alpha value is -4.67. The molecule has 2 aromatic carbocycles. The number of aromatic amines is 1. The predicted molar refractivity (Wildman–Crippen MR) is 137 cm³/mol. The first-order valence-electron chi connectivity index (χ1n) is 11.8. The van der Waals surface area contributed by atoms with Gasteiger partial charge in [0, 0.05) is 28.4 Å². The number of aromatic nitrogens is 6. The number of alkyl halides is 3. The van der Waals surface area contributed by atoms with Crippen molar-refractivity contribution < 1.29 is 17.7 Å². The van der Waals surface area contributed by atoms with Gasteiger partial charge in [-0.25, -0.2) is 9.97 Å². The Morgan fingerprint density at radius 3 is 2.45 bits per heavy atom. The Kier molecular flexibility index (Phi) is 5.26. The quantitative estimate of drug-likeness (QED) is 0.266. The first-order valence-corrected chi connectivity index (χ1v) is 11.8. The maximum absolute atomic E-state index is 12.9. The highest BCUT2D eigenvalue weighted by Crippen LogP contribution is 2.34. The summed E-state index contributed by atoms with van der Waals surface area (Å²) >= 11 is 0. The highest BCUT2D eigenvalue weighted by Gasteiger charge is 2.38. The standard InChI is InChI=1S/C27H22F3N7O/c1-26(2,3)35-24-21(33-20-9-4-5-12-37(20)24)15-7-6-8-16(13-15)22-31-18-11-10-17(14-19(18)32-22)23-34-25(38-36-23)27(28,29)30/h4-14,35H,1-3H3,(H,31,32). The van der Waals surface area contributed by atoms with E-state index < -0.39 is 12.1 Å². The Balaban J connectivity index is 1.39. The van der Waals surface area contributed by atoms with Crippen LogP contribution in [0.2, 0.25) is 0 Å². The van der Waals surface area contributed by atoms with E-state index in [1.807, 2.05) is 53.1 Å². The van der Waals surface area contributed by atoms with Gasteiger partial charge in [-0.1, -0.05) is 29.4 Å². The van der Waals surface area contributed by atoms with Crippen LogP contribution in [0, 0.1) is 0 Å². The topological polar surface area (TPSA) is 96.9 Å². The molecule has 0 aliphatic carbocycles.